The van der Waals surface area contributed by atoms with Crippen molar-refractivity contribution < 1.29 is 14.1 Å². The van der Waals surface area contributed by atoms with Gasteiger partial charge in [-0.2, -0.15) is 19.3 Å². The summed E-state index contributed by atoms with van der Waals surface area (Å²) in [6.45, 7) is 4.73. The van der Waals surface area contributed by atoms with Crippen molar-refractivity contribution in [3.8, 4) is 0 Å². The zero-order valence-electron chi connectivity index (χ0n) is 13.5. The summed E-state index contributed by atoms with van der Waals surface area (Å²) in [7, 11) is 1.45. The van der Waals surface area contributed by atoms with Gasteiger partial charge in [-0.25, -0.2) is 10.1 Å². The molecule has 1 atom stereocenters. The maximum Gasteiger partial charge on any atom is 0.390 e. The Kier molecular flexibility index (Phi) is 4.71. The zero-order chi connectivity index (χ0) is 18.0. The maximum absolute atomic E-state index is 13.7. The molecule has 0 fully saturated rings. The number of nitrogens with zero attached hydrogens (tertiary/aromatic N) is 6. The predicted octanol–water partition coefficient (Wildman–Crippen LogP) is 0.992. The highest BCUT2D eigenvalue weighted by Gasteiger charge is 2.24. The molecule has 2 heterocycles. The van der Waals surface area contributed by atoms with E-state index in [1.165, 1.54) is 24.7 Å². The zero-order valence-corrected chi connectivity index (χ0v) is 13.5. The van der Waals surface area contributed by atoms with Gasteiger partial charge in [0.1, 0.15) is 0 Å². The molecule has 10 nitrogen and oxygen atoms in total. The first-order valence-corrected chi connectivity index (χ1v) is 6.95. The van der Waals surface area contributed by atoms with Crippen LogP contribution in [0, 0.1) is 29.9 Å². The first-order chi connectivity index (χ1) is 11.2. The molecule has 0 spiro atoms. The summed E-state index contributed by atoms with van der Waals surface area (Å²) in [5.41, 5.74) is 3.31. The van der Waals surface area contributed by atoms with Crippen molar-refractivity contribution in [2.45, 2.75) is 26.8 Å². The van der Waals surface area contributed by atoms with Gasteiger partial charge >= 0.3 is 5.82 Å². The fourth-order valence-electron chi connectivity index (χ4n) is 2.11. The summed E-state index contributed by atoms with van der Waals surface area (Å²) < 4.78 is 16.0. The summed E-state index contributed by atoms with van der Waals surface area (Å²) in [6, 6.07) is 0.442. The van der Waals surface area contributed by atoms with E-state index in [1.807, 2.05) is 0 Å². The molecule has 2 aromatic heterocycles. The third-order valence-corrected chi connectivity index (χ3v) is 3.41. The van der Waals surface area contributed by atoms with E-state index in [0.29, 0.717) is 11.4 Å². The van der Waals surface area contributed by atoms with Crippen molar-refractivity contribution in [1.29, 1.82) is 0 Å². The number of amides is 1. The molecule has 24 heavy (non-hydrogen) atoms. The van der Waals surface area contributed by atoms with E-state index in [-0.39, 0.29) is 11.4 Å². The lowest BCUT2D eigenvalue weighted by molar-refractivity contribution is -0.389. The molecular weight excluding hydrogens is 321 g/mol. The number of aromatic nitrogens is 4. The van der Waals surface area contributed by atoms with Crippen LogP contribution in [0.25, 0.3) is 0 Å². The molecule has 1 unspecified atom stereocenters. The fourth-order valence-corrected chi connectivity index (χ4v) is 2.11. The molecule has 2 aromatic rings. The molecule has 1 N–H and O–H groups in total. The van der Waals surface area contributed by atoms with E-state index in [1.54, 1.807) is 13.8 Å². The molecule has 0 aliphatic carbocycles. The maximum atomic E-state index is 13.7. The van der Waals surface area contributed by atoms with Crippen LogP contribution in [0.4, 0.5) is 10.2 Å². The summed E-state index contributed by atoms with van der Waals surface area (Å²) >= 11 is 0. The van der Waals surface area contributed by atoms with E-state index < -0.39 is 22.8 Å². The molecular formula is C13H16FN7O3. The van der Waals surface area contributed by atoms with Crippen LogP contribution in [0.2, 0.25) is 0 Å². The lowest BCUT2D eigenvalue weighted by atomic mass is 10.3. The van der Waals surface area contributed by atoms with E-state index in [0.717, 1.165) is 10.9 Å². The highest BCUT2D eigenvalue weighted by atomic mass is 19.1. The molecule has 0 radical (unpaired) electrons. The van der Waals surface area contributed by atoms with E-state index in [4.69, 9.17) is 0 Å². The van der Waals surface area contributed by atoms with Crippen molar-refractivity contribution in [2.24, 2.45) is 12.1 Å². The van der Waals surface area contributed by atoms with Gasteiger partial charge in [-0.3, -0.25) is 4.79 Å². The molecule has 0 saturated carbocycles. The fraction of sp³-hybridized carbons (Fsp3) is 0.385. The van der Waals surface area contributed by atoms with Crippen LogP contribution in [0.15, 0.2) is 11.2 Å². The van der Waals surface area contributed by atoms with Crippen LogP contribution in [0.1, 0.15) is 29.9 Å². The number of rotatable bonds is 5. The van der Waals surface area contributed by atoms with Crippen LogP contribution in [0.5, 0.6) is 0 Å². The van der Waals surface area contributed by atoms with Gasteiger partial charge < -0.3 is 10.1 Å². The molecule has 2 rings (SSSR count). The number of hydrogen-bond donors (Lipinski definition) is 1. The van der Waals surface area contributed by atoms with Gasteiger partial charge in [0.25, 0.3) is 5.91 Å². The number of carbonyl (C=O) groups excluding carboxylic acids is 1. The van der Waals surface area contributed by atoms with Gasteiger partial charge in [0.15, 0.2) is 6.04 Å². The Hall–Kier alpha value is -3.11. The molecule has 0 aliphatic rings. The smallest absolute Gasteiger partial charge is 0.358 e. The van der Waals surface area contributed by atoms with Crippen molar-refractivity contribution in [3.05, 3.63) is 39.1 Å². The van der Waals surface area contributed by atoms with Gasteiger partial charge in [0.2, 0.25) is 5.95 Å². The normalized spacial score (nSPS) is 12.5. The van der Waals surface area contributed by atoms with Crippen molar-refractivity contribution >= 4 is 17.9 Å². The summed E-state index contributed by atoms with van der Waals surface area (Å²) in [5.74, 6) is -1.46. The SMILES string of the molecule is Cc1nn(C)c(F)c1C=NNC(=O)C(C)n1nc([N+](=O)[O-])cc1C. The topological polar surface area (TPSA) is 120 Å². The Morgan fingerprint density at radius 1 is 1.50 bits per heavy atom. The molecule has 128 valence electrons. The highest BCUT2D eigenvalue weighted by Crippen LogP contribution is 2.16. The second-order valence-corrected chi connectivity index (χ2v) is 5.17. The first kappa shape index (κ1) is 17.2. The number of carbonyl (C=O) groups is 1. The lowest BCUT2D eigenvalue weighted by Gasteiger charge is -2.08. The quantitative estimate of drug-likeness (QED) is 0.495. The predicted molar refractivity (Wildman–Crippen MR) is 82.0 cm³/mol. The Labute approximate surface area is 136 Å². The second-order valence-electron chi connectivity index (χ2n) is 5.17. The lowest BCUT2D eigenvalue weighted by Crippen LogP contribution is -2.28. The molecule has 0 bridgehead atoms. The molecule has 1 amide bonds. The summed E-state index contributed by atoms with van der Waals surface area (Å²) in [4.78, 5) is 22.1. The Bertz CT molecular complexity index is 824. The Morgan fingerprint density at radius 2 is 2.17 bits per heavy atom. The highest BCUT2D eigenvalue weighted by molar-refractivity contribution is 5.84. The van der Waals surface area contributed by atoms with Gasteiger partial charge in [-0.05, 0) is 25.7 Å². The average molecular weight is 337 g/mol. The second kappa shape index (κ2) is 6.56. The van der Waals surface area contributed by atoms with Crippen molar-refractivity contribution in [2.75, 3.05) is 0 Å². The van der Waals surface area contributed by atoms with Gasteiger partial charge in [0.05, 0.1) is 34.3 Å². The average Bonchev–Trinajstić information content (AvgIpc) is 3.01. The van der Waals surface area contributed by atoms with Crippen LogP contribution in [-0.2, 0) is 11.8 Å². The molecule has 0 aromatic carbocycles. The van der Waals surface area contributed by atoms with Crippen LogP contribution < -0.4 is 5.43 Å². The third kappa shape index (κ3) is 3.29. The summed E-state index contributed by atoms with van der Waals surface area (Å²) in [6.07, 6.45) is 1.15. The Balaban J connectivity index is 2.09. The van der Waals surface area contributed by atoms with Crippen LogP contribution >= 0.6 is 0 Å². The molecule has 0 aliphatic heterocycles. The first-order valence-electron chi connectivity index (χ1n) is 6.95. The molecule has 0 saturated heterocycles. The number of nitro groups is 1. The largest absolute Gasteiger partial charge is 0.390 e. The number of halogens is 1. The van der Waals surface area contributed by atoms with Crippen molar-refractivity contribution in [3.63, 3.8) is 0 Å². The minimum absolute atomic E-state index is 0.163. The monoisotopic (exact) mass is 337 g/mol. The van der Waals surface area contributed by atoms with Gasteiger partial charge in [-0.15, -0.1) is 0 Å². The minimum atomic E-state index is -0.823. The van der Waals surface area contributed by atoms with Crippen molar-refractivity contribution in [1.82, 2.24) is 25.0 Å². The van der Waals surface area contributed by atoms with E-state index >= 15 is 0 Å². The van der Waals surface area contributed by atoms with Crippen LogP contribution in [-0.4, -0.2) is 36.6 Å². The van der Waals surface area contributed by atoms with E-state index in [9.17, 15) is 19.3 Å². The number of aryl methyl sites for hydroxylation is 3. The Morgan fingerprint density at radius 3 is 2.67 bits per heavy atom. The number of hydrazone groups is 1. The molecule has 11 heteroatoms. The minimum Gasteiger partial charge on any atom is -0.358 e. The van der Waals surface area contributed by atoms with E-state index in [2.05, 4.69) is 20.7 Å². The number of nitrogens with one attached hydrogen (secondary N) is 1. The number of hydrogen-bond acceptors (Lipinski definition) is 6. The standard InChI is InChI=1S/C13H16FN7O3/c1-7-5-11(21(23)24)18-20(7)9(3)13(22)16-15-6-10-8(2)17-19(4)12(10)14/h5-6,9H,1-4H3,(H,16,22). The summed E-state index contributed by atoms with van der Waals surface area (Å²) in [5, 5.41) is 22.1. The van der Waals surface area contributed by atoms with Crippen LogP contribution in [0.3, 0.4) is 0 Å². The van der Waals surface area contributed by atoms with Gasteiger partial charge in [-0.1, -0.05) is 0 Å². The third-order valence-electron chi connectivity index (χ3n) is 3.41. The van der Waals surface area contributed by atoms with Gasteiger partial charge in [0, 0.05) is 7.05 Å².